The van der Waals surface area contributed by atoms with Gasteiger partial charge in [-0.15, -0.1) is 0 Å². The Balaban J connectivity index is 1.10. The van der Waals surface area contributed by atoms with Gasteiger partial charge in [0.05, 0.1) is 31.0 Å². The van der Waals surface area contributed by atoms with Gasteiger partial charge in [0.15, 0.2) is 18.7 Å². The second kappa shape index (κ2) is 18.8. The van der Waals surface area contributed by atoms with Gasteiger partial charge in [-0.25, -0.2) is 0 Å². The van der Waals surface area contributed by atoms with Gasteiger partial charge in [0, 0.05) is 12.1 Å². The van der Waals surface area contributed by atoms with Crippen LogP contribution in [0.3, 0.4) is 0 Å². The van der Waals surface area contributed by atoms with Crippen LogP contribution in [0.5, 0.6) is 17.2 Å². The van der Waals surface area contributed by atoms with Crippen LogP contribution in [0.15, 0.2) is 51.9 Å². The average molecular weight is 887 g/mol. The molecule has 0 bridgehead atoms. The summed E-state index contributed by atoms with van der Waals surface area (Å²) in [5.41, 5.74) is -0.532. The van der Waals surface area contributed by atoms with Gasteiger partial charge in [-0.2, -0.15) is 0 Å². The van der Waals surface area contributed by atoms with E-state index in [1.165, 1.54) is 44.2 Å². The first-order valence-corrected chi connectivity index (χ1v) is 19.6. The van der Waals surface area contributed by atoms with Crippen molar-refractivity contribution >= 4 is 11.0 Å². The molecule has 4 aliphatic rings. The van der Waals surface area contributed by atoms with Gasteiger partial charge in [0.2, 0.25) is 18.0 Å². The van der Waals surface area contributed by atoms with Gasteiger partial charge in [0.25, 0.3) is 0 Å². The Labute approximate surface area is 350 Å². The molecule has 2 aromatic carbocycles. The summed E-state index contributed by atoms with van der Waals surface area (Å²) in [6.07, 6.45) is -30.5. The Morgan fingerprint density at radius 3 is 1.77 bits per heavy atom. The average Bonchev–Trinajstić information content (AvgIpc) is 3.25. The van der Waals surface area contributed by atoms with Crippen molar-refractivity contribution in [3.63, 3.8) is 0 Å². The number of ether oxygens (including phenoxy) is 8. The van der Waals surface area contributed by atoms with Crippen molar-refractivity contribution < 1.29 is 109 Å². The van der Waals surface area contributed by atoms with Crippen LogP contribution in [0, 0.1) is 0 Å². The van der Waals surface area contributed by atoms with Crippen LogP contribution in [0.25, 0.3) is 22.1 Å². The third-order valence-electron chi connectivity index (χ3n) is 11.3. The Morgan fingerprint density at radius 2 is 1.13 bits per heavy atom. The lowest BCUT2D eigenvalue weighted by Gasteiger charge is -2.46. The molecule has 0 amide bonds. The van der Waals surface area contributed by atoms with Crippen molar-refractivity contribution in [3.05, 3.63) is 52.9 Å². The highest BCUT2D eigenvalue weighted by Crippen LogP contribution is 2.35. The van der Waals surface area contributed by atoms with Crippen LogP contribution in [-0.2, 0) is 28.4 Å². The highest BCUT2D eigenvalue weighted by atomic mass is 16.8. The van der Waals surface area contributed by atoms with Crippen LogP contribution in [-0.4, -0.2) is 202 Å². The van der Waals surface area contributed by atoms with Gasteiger partial charge in [0.1, 0.15) is 114 Å². The van der Waals surface area contributed by atoms with Crippen LogP contribution in [0.1, 0.15) is 13.8 Å². The summed E-state index contributed by atoms with van der Waals surface area (Å²) in [7, 11) is 0. The number of benzene rings is 2. The van der Waals surface area contributed by atoms with Crippen LogP contribution in [0.2, 0.25) is 0 Å². The van der Waals surface area contributed by atoms with Gasteiger partial charge < -0.3 is 109 Å². The molecule has 5 heterocycles. The number of aromatic hydroxyl groups is 1. The largest absolute Gasteiger partial charge is 0.507 e. The molecule has 0 spiro atoms. The molecule has 0 aliphatic carbocycles. The Bertz CT molecular complexity index is 2030. The molecule has 23 nitrogen and oxygen atoms in total. The second-order valence-electron chi connectivity index (χ2n) is 15.6. The number of hydrogen-bond donors (Lipinski definition) is 13. The van der Waals surface area contributed by atoms with E-state index in [9.17, 15) is 71.2 Å². The van der Waals surface area contributed by atoms with E-state index in [0.29, 0.717) is 0 Å². The number of rotatable bonds is 11. The first-order valence-electron chi connectivity index (χ1n) is 19.6. The fourth-order valence-electron chi connectivity index (χ4n) is 7.53. The van der Waals surface area contributed by atoms with E-state index in [1.54, 1.807) is 0 Å². The summed E-state index contributed by atoms with van der Waals surface area (Å²) in [6.45, 7) is 1.49. The number of aliphatic hydroxyl groups is 12. The van der Waals surface area contributed by atoms with E-state index >= 15 is 0 Å². The highest BCUT2D eigenvalue weighted by Gasteiger charge is 2.52. The normalized spacial score (nSPS) is 41.5. The predicted molar refractivity (Wildman–Crippen MR) is 201 cm³/mol. The van der Waals surface area contributed by atoms with Crippen LogP contribution < -0.4 is 14.9 Å². The van der Waals surface area contributed by atoms with E-state index in [0.717, 1.165) is 12.3 Å². The molecule has 23 heteroatoms. The number of phenolic OH excluding ortho intramolecular Hbond substituents is 1. The number of aliphatic hydroxyl groups excluding tert-OH is 12. The van der Waals surface area contributed by atoms with Crippen molar-refractivity contribution in [1.29, 1.82) is 0 Å². The molecular formula is C39H50O23. The molecule has 13 N–H and O–H groups in total. The highest BCUT2D eigenvalue weighted by molar-refractivity contribution is 5.88. The molecule has 344 valence electrons. The zero-order chi connectivity index (χ0) is 44.9. The minimum Gasteiger partial charge on any atom is -0.507 e. The third-order valence-corrected chi connectivity index (χ3v) is 11.3. The minimum atomic E-state index is -1.93. The standard InChI is InChI=1S/C39H50O23/c1-12-23(42)28(47)32(51)36(56-12)55-11-21-27(46)31(50)35(62-38-34(53)30(49)26(45)20(9-40)60-38)39(61-21)58-15-5-3-14(4-6-15)17-10-54-19-8-16(7-18(41)22(19)25(17)44)59-37-33(52)29(48)24(43)13(2)57-37/h3-8,10,12-13,20-21,23-24,26-43,45-53H,9,11H2,1-2H3. The van der Waals surface area contributed by atoms with E-state index in [4.69, 9.17) is 42.3 Å². The zero-order valence-corrected chi connectivity index (χ0v) is 32.9. The van der Waals surface area contributed by atoms with Crippen molar-refractivity contribution in [3.8, 4) is 28.4 Å². The van der Waals surface area contributed by atoms with Gasteiger partial charge in [-0.1, -0.05) is 12.1 Å². The van der Waals surface area contributed by atoms with Gasteiger partial charge >= 0.3 is 0 Å². The van der Waals surface area contributed by atoms with Gasteiger partial charge in [-0.3, -0.25) is 4.79 Å². The van der Waals surface area contributed by atoms with E-state index in [-0.39, 0.29) is 33.6 Å². The summed E-state index contributed by atoms with van der Waals surface area (Å²) >= 11 is 0. The Kier molecular flexibility index (Phi) is 14.1. The fraction of sp³-hybridized carbons (Fsp3) is 0.615. The first-order chi connectivity index (χ1) is 29.4. The smallest absolute Gasteiger partial charge is 0.229 e. The molecular weight excluding hydrogens is 836 g/mol. The molecule has 62 heavy (non-hydrogen) atoms. The molecule has 4 aliphatic heterocycles. The predicted octanol–water partition coefficient (Wildman–Crippen LogP) is -4.77. The summed E-state index contributed by atoms with van der Waals surface area (Å²) in [5.74, 6) is -0.639. The molecule has 4 saturated heterocycles. The number of hydrogen-bond acceptors (Lipinski definition) is 23. The third kappa shape index (κ3) is 9.01. The van der Waals surface area contributed by atoms with Crippen molar-refractivity contribution in [2.24, 2.45) is 0 Å². The second-order valence-corrected chi connectivity index (χ2v) is 15.6. The summed E-state index contributed by atoms with van der Waals surface area (Å²) in [6, 6.07) is 7.92. The zero-order valence-electron chi connectivity index (χ0n) is 32.9. The lowest BCUT2D eigenvalue weighted by Crippen LogP contribution is -2.65. The molecule has 0 saturated carbocycles. The van der Waals surface area contributed by atoms with E-state index in [2.05, 4.69) is 0 Å². The summed E-state index contributed by atoms with van der Waals surface area (Å²) < 4.78 is 51.0. The number of phenols is 1. The molecule has 1 aromatic heterocycles. The first kappa shape index (κ1) is 46.3. The molecule has 20 atom stereocenters. The van der Waals surface area contributed by atoms with E-state index < -0.39 is 147 Å². The Morgan fingerprint density at radius 1 is 0.581 bits per heavy atom. The molecule has 4 fully saturated rings. The molecule has 0 radical (unpaired) electrons. The lowest BCUT2D eigenvalue weighted by molar-refractivity contribution is -0.362. The minimum absolute atomic E-state index is 0.00951. The summed E-state index contributed by atoms with van der Waals surface area (Å²) in [4.78, 5) is 13.7. The molecule has 3 aromatic rings. The lowest BCUT2D eigenvalue weighted by atomic mass is 9.97. The van der Waals surface area contributed by atoms with Crippen LogP contribution in [0.4, 0.5) is 0 Å². The maximum absolute atomic E-state index is 13.7. The monoisotopic (exact) mass is 886 g/mol. The maximum atomic E-state index is 13.7. The topological polar surface area (TPSA) is 367 Å². The van der Waals surface area contributed by atoms with Crippen molar-refractivity contribution in [2.45, 2.75) is 137 Å². The molecule has 7 rings (SSSR count). The maximum Gasteiger partial charge on any atom is 0.229 e. The summed E-state index contributed by atoms with van der Waals surface area (Å²) in [5, 5.41) is 135. The van der Waals surface area contributed by atoms with Gasteiger partial charge in [-0.05, 0) is 31.5 Å². The van der Waals surface area contributed by atoms with Crippen molar-refractivity contribution in [1.82, 2.24) is 0 Å². The molecule has 20 unspecified atom stereocenters. The van der Waals surface area contributed by atoms with Crippen molar-refractivity contribution in [2.75, 3.05) is 13.2 Å². The Hall–Kier alpha value is -3.67. The van der Waals surface area contributed by atoms with E-state index in [1.807, 2.05) is 0 Å². The van der Waals surface area contributed by atoms with Crippen LogP contribution >= 0.6 is 0 Å². The number of fused-ring (bicyclic) bond motifs is 1. The quantitative estimate of drug-likeness (QED) is 0.0859. The SMILES string of the molecule is CC1OC(OCC2OC(Oc3ccc(-c4coc5cc(OC6OC(C)C(O)C(O)C6O)cc(O)c5c4=O)cc3)C(OC3OC(CO)C(O)C(O)C3O)C(O)C2O)C(O)C(O)C1O. The fourth-order valence-corrected chi connectivity index (χ4v) is 7.53.